The number of ether oxygens (including phenoxy) is 8. The van der Waals surface area contributed by atoms with Crippen molar-refractivity contribution in [2.45, 2.75) is 82.3 Å². The molecule has 47 heavy (non-hydrogen) atoms. The molecule has 1 aromatic rings. The normalized spacial score (nSPS) is 30.4. The maximum atomic E-state index is 12.4. The van der Waals surface area contributed by atoms with Crippen molar-refractivity contribution in [2.75, 3.05) is 26.4 Å². The second-order valence-corrected chi connectivity index (χ2v) is 10.7. The summed E-state index contributed by atoms with van der Waals surface area (Å²) < 4.78 is 43.1. The highest BCUT2D eigenvalue weighted by atomic mass is 16.8. The quantitative estimate of drug-likeness (QED) is 0.111. The number of esters is 5. The van der Waals surface area contributed by atoms with Crippen molar-refractivity contribution < 1.29 is 82.3 Å². The zero-order chi connectivity index (χ0) is 34.9. The lowest BCUT2D eigenvalue weighted by Gasteiger charge is -2.44. The highest BCUT2D eigenvalue weighted by Crippen LogP contribution is 2.36. The third-order valence-electron chi connectivity index (χ3n) is 7.00. The van der Waals surface area contributed by atoms with Gasteiger partial charge in [-0.15, -0.1) is 0 Å². The average molecular weight is 671 g/mol. The van der Waals surface area contributed by atoms with Crippen LogP contribution < -0.4 is 0 Å². The van der Waals surface area contributed by atoms with Gasteiger partial charge in [0.2, 0.25) is 5.79 Å². The van der Waals surface area contributed by atoms with E-state index in [0.717, 1.165) is 33.8 Å². The fraction of sp³-hybridized carbons (Fsp3) is 0.567. The van der Waals surface area contributed by atoms with E-state index >= 15 is 0 Å². The van der Waals surface area contributed by atoms with Gasteiger partial charge < -0.3 is 58.3 Å². The SMILES string of the molecule is CC(=O)OCC1OC(COC2(CO)OC(COC(=O)C=Cc3ccc(O)cc3)C(OC(C)=O)C2O)C(O)C(OC(C)=O)C1OC(C)=O. The maximum absolute atomic E-state index is 12.4. The molecule has 2 heterocycles. The van der Waals surface area contributed by atoms with Gasteiger partial charge in [0.15, 0.2) is 18.3 Å². The molecule has 0 aromatic heterocycles. The van der Waals surface area contributed by atoms with Crippen molar-refractivity contribution in [2.24, 2.45) is 0 Å². The van der Waals surface area contributed by atoms with E-state index in [0.29, 0.717) is 5.56 Å². The number of phenolic OH excluding ortho intramolecular Hbond substituents is 1. The molecule has 0 radical (unpaired) electrons. The Hall–Kier alpha value is -4.13. The number of carbonyl (C=O) groups excluding carboxylic acids is 5. The van der Waals surface area contributed by atoms with Crippen molar-refractivity contribution >= 4 is 35.9 Å². The molecule has 0 saturated carbocycles. The minimum atomic E-state index is -2.31. The smallest absolute Gasteiger partial charge is 0.330 e. The van der Waals surface area contributed by atoms with Gasteiger partial charge in [0, 0.05) is 33.8 Å². The fourth-order valence-corrected chi connectivity index (χ4v) is 4.92. The van der Waals surface area contributed by atoms with Crippen LogP contribution in [0.15, 0.2) is 30.3 Å². The molecule has 2 aliphatic heterocycles. The predicted octanol–water partition coefficient (Wildman–Crippen LogP) is -1.10. The monoisotopic (exact) mass is 670 g/mol. The lowest BCUT2D eigenvalue weighted by Crippen LogP contribution is -2.63. The van der Waals surface area contributed by atoms with E-state index < -0.39 is 111 Å². The number of hydrogen-bond acceptors (Lipinski definition) is 17. The van der Waals surface area contributed by atoms with E-state index in [2.05, 4.69) is 0 Å². The molecular weight excluding hydrogens is 632 g/mol. The molecule has 0 spiro atoms. The van der Waals surface area contributed by atoms with Crippen LogP contribution in [-0.4, -0.2) is 131 Å². The van der Waals surface area contributed by atoms with E-state index in [-0.39, 0.29) is 5.75 Å². The Kier molecular flexibility index (Phi) is 13.2. The lowest BCUT2D eigenvalue weighted by molar-refractivity contribution is -0.305. The fourth-order valence-electron chi connectivity index (χ4n) is 4.92. The van der Waals surface area contributed by atoms with E-state index in [1.165, 1.54) is 18.2 Å². The van der Waals surface area contributed by atoms with Gasteiger partial charge in [0.25, 0.3) is 0 Å². The second kappa shape index (κ2) is 16.6. The van der Waals surface area contributed by atoms with Crippen LogP contribution in [0, 0.1) is 0 Å². The zero-order valence-electron chi connectivity index (χ0n) is 26.0. The molecule has 3 rings (SSSR count). The van der Waals surface area contributed by atoms with E-state index in [9.17, 15) is 44.4 Å². The van der Waals surface area contributed by atoms with Crippen molar-refractivity contribution in [3.63, 3.8) is 0 Å². The van der Waals surface area contributed by atoms with Crippen molar-refractivity contribution in [1.29, 1.82) is 0 Å². The average Bonchev–Trinajstić information content (AvgIpc) is 3.26. The van der Waals surface area contributed by atoms with Gasteiger partial charge in [-0.25, -0.2) is 4.79 Å². The summed E-state index contributed by atoms with van der Waals surface area (Å²) in [6.45, 7) is 1.54. The highest BCUT2D eigenvalue weighted by Gasteiger charge is 2.59. The van der Waals surface area contributed by atoms with Gasteiger partial charge in [-0.1, -0.05) is 12.1 Å². The first-order chi connectivity index (χ1) is 22.1. The van der Waals surface area contributed by atoms with Crippen LogP contribution in [0.1, 0.15) is 33.3 Å². The lowest BCUT2D eigenvalue weighted by atomic mass is 9.94. The van der Waals surface area contributed by atoms with Gasteiger partial charge >= 0.3 is 29.8 Å². The first-order valence-corrected chi connectivity index (χ1v) is 14.4. The Bertz CT molecular complexity index is 1300. The molecule has 9 unspecified atom stereocenters. The minimum Gasteiger partial charge on any atom is -0.508 e. The van der Waals surface area contributed by atoms with Crippen molar-refractivity contribution in [3.05, 3.63) is 35.9 Å². The van der Waals surface area contributed by atoms with Crippen LogP contribution in [0.25, 0.3) is 6.08 Å². The summed E-state index contributed by atoms with van der Waals surface area (Å²) in [7, 11) is 0. The van der Waals surface area contributed by atoms with Gasteiger partial charge in [-0.3, -0.25) is 19.2 Å². The van der Waals surface area contributed by atoms with Gasteiger partial charge in [-0.2, -0.15) is 0 Å². The summed E-state index contributed by atoms with van der Waals surface area (Å²) in [5.41, 5.74) is 0.579. The molecule has 0 amide bonds. The molecule has 2 fully saturated rings. The number of phenols is 1. The van der Waals surface area contributed by atoms with E-state index in [1.54, 1.807) is 12.1 Å². The summed E-state index contributed by atoms with van der Waals surface area (Å²) in [4.78, 5) is 59.4. The first-order valence-electron chi connectivity index (χ1n) is 14.4. The van der Waals surface area contributed by atoms with Gasteiger partial charge in [0.1, 0.15) is 56.1 Å². The highest BCUT2D eigenvalue weighted by molar-refractivity contribution is 5.87. The first kappa shape index (κ1) is 37.3. The third-order valence-corrected chi connectivity index (χ3v) is 7.00. The molecular formula is C30H38O17. The second-order valence-electron chi connectivity index (χ2n) is 10.7. The number of rotatable bonds is 13. The molecule has 2 saturated heterocycles. The van der Waals surface area contributed by atoms with Crippen LogP contribution in [-0.2, 0) is 61.9 Å². The van der Waals surface area contributed by atoms with Crippen LogP contribution in [0.4, 0.5) is 0 Å². The Labute approximate surface area is 268 Å². The number of aliphatic hydroxyl groups is 3. The van der Waals surface area contributed by atoms with Gasteiger partial charge in [-0.05, 0) is 23.8 Å². The Balaban J connectivity index is 1.77. The summed E-state index contributed by atoms with van der Waals surface area (Å²) in [5.74, 6) is -6.32. The molecule has 260 valence electrons. The largest absolute Gasteiger partial charge is 0.508 e. The maximum Gasteiger partial charge on any atom is 0.330 e. The third kappa shape index (κ3) is 10.2. The van der Waals surface area contributed by atoms with Crippen molar-refractivity contribution in [1.82, 2.24) is 0 Å². The van der Waals surface area contributed by atoms with Crippen molar-refractivity contribution in [3.8, 4) is 5.75 Å². The number of aliphatic hydroxyl groups excluding tert-OH is 3. The molecule has 2 aliphatic rings. The van der Waals surface area contributed by atoms with E-state index in [4.69, 9.17) is 37.9 Å². The number of benzene rings is 1. The summed E-state index contributed by atoms with van der Waals surface area (Å²) in [5, 5.41) is 41.9. The Morgan fingerprint density at radius 3 is 1.91 bits per heavy atom. The van der Waals surface area contributed by atoms with Crippen LogP contribution >= 0.6 is 0 Å². The molecule has 9 atom stereocenters. The summed E-state index contributed by atoms with van der Waals surface area (Å²) in [6, 6.07) is 5.94. The number of hydrogen-bond donors (Lipinski definition) is 4. The summed E-state index contributed by atoms with van der Waals surface area (Å²) >= 11 is 0. The predicted molar refractivity (Wildman–Crippen MR) is 153 cm³/mol. The topological polar surface area (TPSA) is 240 Å². The molecule has 0 bridgehead atoms. The summed E-state index contributed by atoms with van der Waals surface area (Å²) in [6.07, 6.45) is -9.52. The minimum absolute atomic E-state index is 0.0366. The van der Waals surface area contributed by atoms with Gasteiger partial charge in [0.05, 0.1) is 6.61 Å². The number of carbonyl (C=O) groups is 5. The standard InChI is InChI=1S/C30H38O17/c1-15(32)40-11-22-26(43-16(2)33)28(45-18(4)35)25(38)21(46-22)13-42-30(14-31)29(39)27(44-17(3)34)23(47-30)12-41-24(37)10-7-19-5-8-20(36)9-6-19/h5-10,21-23,25-29,31,36,38-39H,11-14H2,1-4H3. The van der Waals surface area contributed by atoms with Crippen LogP contribution in [0.3, 0.4) is 0 Å². The molecule has 0 aliphatic carbocycles. The molecule has 17 nitrogen and oxygen atoms in total. The van der Waals surface area contributed by atoms with Crippen LogP contribution in [0.2, 0.25) is 0 Å². The zero-order valence-corrected chi connectivity index (χ0v) is 26.0. The Morgan fingerprint density at radius 2 is 1.34 bits per heavy atom. The Morgan fingerprint density at radius 1 is 0.766 bits per heavy atom. The molecule has 1 aromatic carbocycles. The molecule has 4 N–H and O–H groups in total. The van der Waals surface area contributed by atoms with Crippen LogP contribution in [0.5, 0.6) is 5.75 Å². The van der Waals surface area contributed by atoms with E-state index in [1.807, 2.05) is 0 Å². The molecule has 17 heteroatoms. The number of aromatic hydroxyl groups is 1.